The highest BCUT2D eigenvalue weighted by Crippen LogP contribution is 2.21. The van der Waals surface area contributed by atoms with Crippen LogP contribution in [0.15, 0.2) is 47.9 Å². The van der Waals surface area contributed by atoms with Crippen LogP contribution in [-0.2, 0) is 19.1 Å². The van der Waals surface area contributed by atoms with Gasteiger partial charge in [0.25, 0.3) is 0 Å². The molecule has 8 nitrogen and oxygen atoms in total. The molecule has 2 saturated heterocycles. The number of ether oxygens (including phenoxy) is 2. The van der Waals surface area contributed by atoms with Crippen LogP contribution in [-0.4, -0.2) is 95.1 Å². The zero-order chi connectivity index (χ0) is 24.2. The molecule has 4 rings (SSSR count). The molecule has 4 atom stereocenters. The molecule has 0 aromatic rings. The summed E-state index contributed by atoms with van der Waals surface area (Å²) in [4.78, 5) is 33.0. The molecular formula is C26H34N4O4+2. The molecule has 0 spiro atoms. The minimum Gasteiger partial charge on any atom is -0.377 e. The number of hydrogen-bond donors (Lipinski definition) is 0. The molecule has 0 aromatic carbocycles. The lowest BCUT2D eigenvalue weighted by molar-refractivity contribution is -0.145. The van der Waals surface area contributed by atoms with Crippen molar-refractivity contribution >= 4 is 11.8 Å². The lowest BCUT2D eigenvalue weighted by Crippen LogP contribution is -2.54. The van der Waals surface area contributed by atoms with E-state index in [4.69, 9.17) is 9.47 Å². The summed E-state index contributed by atoms with van der Waals surface area (Å²) in [6.07, 6.45) is 17.8. The Bertz CT molecular complexity index is 811. The topological polar surface area (TPSA) is 65.6 Å². The standard InChI is InChI=1S/C26H34N4O4/c1-19-15-33-16-20(2)29(19)25(31)13-27-9-5-23(6-10-27)24-7-11-28(12-8-24)14-26(32)30-21(3)17-34-18-22(30)4/h5-9,11,19-22H,13-18H2,1-4H3/q+2. The summed E-state index contributed by atoms with van der Waals surface area (Å²) in [6.45, 7) is 10.8. The van der Waals surface area contributed by atoms with Crippen molar-refractivity contribution in [3.8, 4) is 0 Å². The average Bonchev–Trinajstić information content (AvgIpc) is 2.80. The molecule has 4 aliphatic heterocycles. The molecule has 4 heterocycles. The van der Waals surface area contributed by atoms with Gasteiger partial charge in [-0.15, -0.1) is 0 Å². The SMILES string of the molecule is CC1COCC(C)N1C(=O)CN1[C+]=CC(=C2C=[C+]N(CC(=O)N3C(C)COCC3C)C=C2)C=C1. The fraction of sp³-hybridized carbons (Fsp3) is 0.538. The van der Waals surface area contributed by atoms with Crippen LogP contribution in [0.5, 0.6) is 0 Å². The Labute approximate surface area is 202 Å². The van der Waals surface area contributed by atoms with Gasteiger partial charge in [-0.3, -0.25) is 9.59 Å². The highest BCUT2D eigenvalue weighted by Gasteiger charge is 2.33. The highest BCUT2D eigenvalue weighted by molar-refractivity contribution is 5.80. The first-order chi connectivity index (χ1) is 16.3. The lowest BCUT2D eigenvalue weighted by atomic mass is 10.0. The molecule has 4 aliphatic rings. The summed E-state index contributed by atoms with van der Waals surface area (Å²) in [5, 5.41) is 0. The van der Waals surface area contributed by atoms with Gasteiger partial charge >= 0.3 is 0 Å². The van der Waals surface area contributed by atoms with Crippen molar-refractivity contribution in [1.29, 1.82) is 0 Å². The molecule has 8 heteroatoms. The van der Waals surface area contributed by atoms with E-state index in [0.717, 1.165) is 11.1 Å². The predicted octanol–water partition coefficient (Wildman–Crippen LogP) is 1.85. The van der Waals surface area contributed by atoms with Crippen LogP contribution in [0.25, 0.3) is 0 Å². The second kappa shape index (κ2) is 10.5. The largest absolute Gasteiger partial charge is 0.377 e. The number of allylic oxidation sites excluding steroid dienone is 6. The summed E-state index contributed by atoms with van der Waals surface area (Å²) in [7, 11) is 0. The molecule has 0 aliphatic carbocycles. The summed E-state index contributed by atoms with van der Waals surface area (Å²) in [5.41, 5.74) is 1.95. The molecule has 180 valence electrons. The van der Waals surface area contributed by atoms with Crippen molar-refractivity contribution in [2.75, 3.05) is 39.5 Å². The molecule has 34 heavy (non-hydrogen) atoms. The Morgan fingerprint density at radius 2 is 1.09 bits per heavy atom. The number of hydrogen-bond acceptors (Lipinski definition) is 6. The quantitative estimate of drug-likeness (QED) is 0.590. The van der Waals surface area contributed by atoms with Gasteiger partial charge in [-0.25, -0.2) is 0 Å². The maximum Gasteiger partial charge on any atom is 0.246 e. The van der Waals surface area contributed by atoms with Crippen molar-refractivity contribution in [3.63, 3.8) is 0 Å². The van der Waals surface area contributed by atoms with Gasteiger partial charge in [-0.1, -0.05) is 0 Å². The third-order valence-electron chi connectivity index (χ3n) is 6.50. The van der Waals surface area contributed by atoms with E-state index in [0.29, 0.717) is 26.4 Å². The van der Waals surface area contributed by atoms with Crippen molar-refractivity contribution < 1.29 is 19.1 Å². The molecule has 0 aromatic heterocycles. The molecule has 2 amide bonds. The number of morpholine rings is 2. The molecule has 0 saturated carbocycles. The lowest BCUT2D eigenvalue weighted by Gasteiger charge is -2.39. The highest BCUT2D eigenvalue weighted by atomic mass is 16.5. The van der Waals surface area contributed by atoms with Gasteiger partial charge in [0.05, 0.1) is 62.7 Å². The molecule has 0 bridgehead atoms. The Morgan fingerprint density at radius 1 is 0.735 bits per heavy atom. The van der Waals surface area contributed by atoms with Crippen LogP contribution in [0, 0.1) is 12.4 Å². The van der Waals surface area contributed by atoms with Crippen LogP contribution < -0.4 is 0 Å². The van der Waals surface area contributed by atoms with E-state index in [1.807, 2.05) is 74.2 Å². The zero-order valence-electron chi connectivity index (χ0n) is 20.4. The van der Waals surface area contributed by atoms with Gasteiger partial charge in [0.15, 0.2) is 11.1 Å². The monoisotopic (exact) mass is 466 g/mol. The third-order valence-corrected chi connectivity index (χ3v) is 6.50. The fourth-order valence-corrected chi connectivity index (χ4v) is 4.83. The fourth-order valence-electron chi connectivity index (χ4n) is 4.83. The molecule has 0 radical (unpaired) electrons. The Hall–Kier alpha value is -3.02. The Balaban J connectivity index is 1.31. The van der Waals surface area contributed by atoms with Gasteiger partial charge < -0.3 is 19.3 Å². The number of rotatable bonds is 4. The minimum absolute atomic E-state index is 0.0694. The second-order valence-corrected chi connectivity index (χ2v) is 9.42. The van der Waals surface area contributed by atoms with Crippen molar-refractivity contribution in [1.82, 2.24) is 19.6 Å². The summed E-state index contributed by atoms with van der Waals surface area (Å²) >= 11 is 0. The van der Waals surface area contributed by atoms with Gasteiger partial charge in [0.1, 0.15) is 50.0 Å². The Kier molecular flexibility index (Phi) is 7.44. The number of carbonyl (C=O) groups is 2. The second-order valence-electron chi connectivity index (χ2n) is 9.42. The number of amides is 2. The van der Waals surface area contributed by atoms with Gasteiger partial charge in [0.2, 0.25) is 11.8 Å². The van der Waals surface area contributed by atoms with E-state index in [1.54, 1.807) is 9.80 Å². The Morgan fingerprint density at radius 3 is 1.38 bits per heavy atom. The van der Waals surface area contributed by atoms with Crippen molar-refractivity contribution in [2.45, 2.75) is 51.9 Å². The summed E-state index contributed by atoms with van der Waals surface area (Å²) < 4.78 is 11.0. The summed E-state index contributed by atoms with van der Waals surface area (Å²) in [6, 6.07) is 0.293. The van der Waals surface area contributed by atoms with E-state index >= 15 is 0 Å². The van der Waals surface area contributed by atoms with Crippen molar-refractivity contribution in [3.05, 3.63) is 60.3 Å². The van der Waals surface area contributed by atoms with Crippen LogP contribution in [0.2, 0.25) is 0 Å². The van der Waals surface area contributed by atoms with Crippen LogP contribution in [0.4, 0.5) is 0 Å². The maximum absolute atomic E-state index is 12.8. The van der Waals surface area contributed by atoms with E-state index in [-0.39, 0.29) is 49.1 Å². The molecule has 4 unspecified atom stereocenters. The van der Waals surface area contributed by atoms with Crippen LogP contribution in [0.1, 0.15) is 27.7 Å². The van der Waals surface area contributed by atoms with Gasteiger partial charge in [-0.05, 0) is 27.7 Å². The zero-order valence-corrected chi connectivity index (χ0v) is 20.4. The minimum atomic E-state index is 0.0694. The first-order valence-electron chi connectivity index (χ1n) is 11.9. The van der Waals surface area contributed by atoms with Gasteiger partial charge in [-0.2, -0.15) is 9.80 Å². The van der Waals surface area contributed by atoms with E-state index in [1.165, 1.54) is 0 Å². The number of nitrogens with zero attached hydrogens (tertiary/aromatic N) is 4. The van der Waals surface area contributed by atoms with E-state index in [9.17, 15) is 9.59 Å². The maximum atomic E-state index is 12.8. The van der Waals surface area contributed by atoms with Gasteiger partial charge in [0, 0.05) is 0 Å². The predicted molar refractivity (Wildman–Crippen MR) is 128 cm³/mol. The van der Waals surface area contributed by atoms with E-state index in [2.05, 4.69) is 12.4 Å². The number of carbonyl (C=O) groups excluding carboxylic acids is 2. The third kappa shape index (κ3) is 5.37. The molecule has 0 N–H and O–H groups in total. The van der Waals surface area contributed by atoms with Crippen molar-refractivity contribution in [2.24, 2.45) is 0 Å². The first kappa shape index (κ1) is 24.1. The molecular weight excluding hydrogens is 432 g/mol. The van der Waals surface area contributed by atoms with Crippen LogP contribution >= 0.6 is 0 Å². The first-order valence-corrected chi connectivity index (χ1v) is 11.9. The molecule has 2 fully saturated rings. The normalized spacial score (nSPS) is 30.9. The van der Waals surface area contributed by atoms with Crippen LogP contribution in [0.3, 0.4) is 0 Å². The average molecular weight is 467 g/mol. The van der Waals surface area contributed by atoms with E-state index < -0.39 is 0 Å². The summed E-state index contributed by atoms with van der Waals surface area (Å²) in [5.74, 6) is 0.139. The smallest absolute Gasteiger partial charge is 0.246 e.